The van der Waals surface area contributed by atoms with Gasteiger partial charge < -0.3 is 14.2 Å². The van der Waals surface area contributed by atoms with E-state index in [0.29, 0.717) is 48.1 Å². The highest BCUT2D eigenvalue weighted by atomic mass is 28.3. The first-order valence-corrected chi connectivity index (χ1v) is 19.1. The van der Waals surface area contributed by atoms with Crippen LogP contribution in [0, 0.1) is 16.7 Å². The van der Waals surface area contributed by atoms with Gasteiger partial charge >= 0.3 is 0 Å². The van der Waals surface area contributed by atoms with E-state index in [2.05, 4.69) is 104 Å². The van der Waals surface area contributed by atoms with E-state index in [1.807, 2.05) is 0 Å². The van der Waals surface area contributed by atoms with E-state index < -0.39 is 19.9 Å². The topological polar surface area (TPSA) is 48.0 Å². The molecule has 5 atom stereocenters. The molecule has 2 bridgehead atoms. The molecule has 6 heteroatoms. The molecule has 4 aliphatic rings. The summed E-state index contributed by atoms with van der Waals surface area (Å²) in [5.41, 5.74) is 3.39. The molecule has 5 rings (SSSR count). The van der Waals surface area contributed by atoms with E-state index in [9.17, 15) is 0 Å². The van der Waals surface area contributed by atoms with Gasteiger partial charge in [0.15, 0.2) is 5.76 Å². The number of benzene rings is 1. The van der Waals surface area contributed by atoms with Crippen LogP contribution in [0.2, 0.25) is 22.7 Å². The van der Waals surface area contributed by atoms with E-state index in [-0.39, 0.29) is 22.5 Å². The third-order valence-electron chi connectivity index (χ3n) is 13.1. The molecule has 0 spiro atoms. The average Bonchev–Trinajstić information content (AvgIpc) is 3.20. The molecule has 42 heavy (non-hydrogen) atoms. The Morgan fingerprint density at radius 3 is 2.12 bits per heavy atom. The Morgan fingerprint density at radius 2 is 1.55 bits per heavy atom. The molecular weight excluding hydrogens is 538 g/mol. The summed E-state index contributed by atoms with van der Waals surface area (Å²) in [5, 5.41) is 0. The largest absolute Gasteiger partial charge is 0.461 e. The number of ether oxygens (including phenoxy) is 3. The van der Waals surface area contributed by atoms with Gasteiger partial charge in [-0.25, -0.2) is 0 Å². The van der Waals surface area contributed by atoms with Crippen molar-refractivity contribution in [1.82, 2.24) is 4.90 Å². The SMILES string of the molecule is CC(C)[Si](CC1=C(O[C@H]2OC[C@H]3CC[C@]2(C)C3(C)C)C(=O)[C@@](C)(N2CCOCC2)[C@@H]1c1ccccc1)(C(C)C)C(C)C. The zero-order valence-corrected chi connectivity index (χ0v) is 29.1. The van der Waals surface area contributed by atoms with Gasteiger partial charge in [0, 0.05) is 24.4 Å². The Bertz CT molecular complexity index is 1150. The van der Waals surface area contributed by atoms with E-state index in [0.717, 1.165) is 32.0 Å². The van der Waals surface area contributed by atoms with Crippen molar-refractivity contribution in [2.45, 2.75) is 122 Å². The Morgan fingerprint density at radius 1 is 0.952 bits per heavy atom. The summed E-state index contributed by atoms with van der Waals surface area (Å²) in [4.78, 5) is 17.6. The second-order valence-corrected chi connectivity index (χ2v) is 21.7. The minimum Gasteiger partial charge on any atom is -0.461 e. The molecule has 0 aromatic heterocycles. The fourth-order valence-electron chi connectivity index (χ4n) is 9.75. The summed E-state index contributed by atoms with van der Waals surface area (Å²) in [7, 11) is -1.95. The molecule has 0 amide bonds. The summed E-state index contributed by atoms with van der Waals surface area (Å²) >= 11 is 0. The Kier molecular flexibility index (Phi) is 8.72. The summed E-state index contributed by atoms with van der Waals surface area (Å²) in [5.74, 6) is 1.22. The monoisotopic (exact) mass is 595 g/mol. The van der Waals surface area contributed by atoms with Crippen LogP contribution in [0.5, 0.6) is 0 Å². The Balaban J connectivity index is 1.71. The van der Waals surface area contributed by atoms with Gasteiger partial charge in [0.25, 0.3) is 0 Å². The molecule has 0 unspecified atom stereocenters. The van der Waals surface area contributed by atoms with Gasteiger partial charge in [-0.1, -0.05) is 109 Å². The van der Waals surface area contributed by atoms with Crippen molar-refractivity contribution in [3.05, 3.63) is 47.2 Å². The third kappa shape index (κ3) is 4.69. The van der Waals surface area contributed by atoms with Crippen molar-refractivity contribution in [2.75, 3.05) is 32.9 Å². The number of carbonyl (C=O) groups excluding carboxylic acids is 1. The van der Waals surface area contributed by atoms with Crippen LogP contribution in [0.3, 0.4) is 0 Å². The van der Waals surface area contributed by atoms with Gasteiger partial charge in [-0.15, -0.1) is 0 Å². The molecule has 2 aliphatic heterocycles. The first-order valence-electron chi connectivity index (χ1n) is 16.7. The van der Waals surface area contributed by atoms with Crippen molar-refractivity contribution < 1.29 is 19.0 Å². The number of rotatable bonds is 9. The smallest absolute Gasteiger partial charge is 0.218 e. The van der Waals surface area contributed by atoms with Gasteiger partial charge in [0.05, 0.1) is 33.4 Å². The second kappa shape index (κ2) is 11.5. The number of fused-ring (bicyclic) bond motifs is 2. The zero-order valence-electron chi connectivity index (χ0n) is 28.1. The predicted molar refractivity (Wildman–Crippen MR) is 173 cm³/mol. The highest BCUT2D eigenvalue weighted by molar-refractivity contribution is 6.84. The van der Waals surface area contributed by atoms with Crippen molar-refractivity contribution >= 4 is 13.9 Å². The van der Waals surface area contributed by atoms with Crippen LogP contribution in [0.15, 0.2) is 41.7 Å². The summed E-state index contributed by atoms with van der Waals surface area (Å²) in [6, 6.07) is 11.8. The number of hydrogen-bond acceptors (Lipinski definition) is 5. The highest BCUT2D eigenvalue weighted by Crippen LogP contribution is 2.63. The van der Waals surface area contributed by atoms with Crippen LogP contribution >= 0.6 is 0 Å². The lowest BCUT2D eigenvalue weighted by Gasteiger charge is -2.50. The molecule has 0 radical (unpaired) electrons. The van der Waals surface area contributed by atoms with E-state index in [1.165, 1.54) is 11.1 Å². The molecule has 0 N–H and O–H groups in total. The van der Waals surface area contributed by atoms with Crippen molar-refractivity contribution in [3.63, 3.8) is 0 Å². The minimum absolute atomic E-state index is 0.0665. The van der Waals surface area contributed by atoms with Gasteiger partial charge in [-0.3, -0.25) is 9.69 Å². The minimum atomic E-state index is -1.95. The van der Waals surface area contributed by atoms with Crippen LogP contribution in [-0.2, 0) is 19.0 Å². The lowest BCUT2D eigenvalue weighted by Crippen LogP contribution is -2.58. The molecule has 3 fully saturated rings. The van der Waals surface area contributed by atoms with Crippen molar-refractivity contribution in [2.24, 2.45) is 16.7 Å². The fraction of sp³-hybridized carbons (Fsp3) is 0.750. The quantitative estimate of drug-likeness (QED) is 0.269. The van der Waals surface area contributed by atoms with Crippen LogP contribution in [0.4, 0.5) is 0 Å². The maximum Gasteiger partial charge on any atom is 0.218 e. The number of morpholine rings is 1. The molecule has 1 aromatic rings. The third-order valence-corrected chi connectivity index (χ3v) is 20.5. The molecule has 2 heterocycles. The van der Waals surface area contributed by atoms with Crippen LogP contribution in [0.25, 0.3) is 0 Å². The molecule has 2 saturated heterocycles. The average molecular weight is 596 g/mol. The first kappa shape index (κ1) is 31.9. The molecule has 234 valence electrons. The number of Topliss-reactive ketones (excluding diaryl/α,β-unsaturated/α-hetero) is 1. The normalized spacial score (nSPS) is 33.8. The molecule has 1 saturated carbocycles. The Labute approximate surface area is 256 Å². The van der Waals surface area contributed by atoms with Crippen LogP contribution in [0.1, 0.15) is 93.6 Å². The van der Waals surface area contributed by atoms with E-state index in [1.54, 1.807) is 0 Å². The molecular formula is C36H57NO4Si. The number of hydrogen-bond donors (Lipinski definition) is 0. The molecule has 2 aliphatic carbocycles. The van der Waals surface area contributed by atoms with Gasteiger partial charge in [-0.05, 0) is 48.3 Å². The van der Waals surface area contributed by atoms with Crippen LogP contribution < -0.4 is 0 Å². The lowest BCUT2D eigenvalue weighted by atomic mass is 9.64. The first-order chi connectivity index (χ1) is 19.7. The van der Waals surface area contributed by atoms with E-state index in [4.69, 9.17) is 14.2 Å². The number of ketones is 1. The second-order valence-electron chi connectivity index (χ2n) is 15.7. The maximum atomic E-state index is 15.2. The maximum absolute atomic E-state index is 15.2. The number of nitrogens with zero attached hydrogens (tertiary/aromatic N) is 1. The predicted octanol–water partition coefficient (Wildman–Crippen LogP) is 8.19. The molecule has 5 nitrogen and oxygen atoms in total. The van der Waals surface area contributed by atoms with Crippen LogP contribution in [-0.4, -0.2) is 63.5 Å². The van der Waals surface area contributed by atoms with E-state index >= 15 is 4.79 Å². The van der Waals surface area contributed by atoms with Crippen molar-refractivity contribution in [3.8, 4) is 0 Å². The molecule has 1 aromatic carbocycles. The fourth-order valence-corrected chi connectivity index (χ4v) is 16.0. The summed E-state index contributed by atoms with van der Waals surface area (Å²) in [6.07, 6.45) is 1.81. The van der Waals surface area contributed by atoms with Gasteiger partial charge in [0.1, 0.15) is 0 Å². The summed E-state index contributed by atoms with van der Waals surface area (Å²) in [6.45, 7) is 27.4. The zero-order chi connectivity index (χ0) is 30.7. The van der Waals surface area contributed by atoms with Gasteiger partial charge in [-0.2, -0.15) is 0 Å². The van der Waals surface area contributed by atoms with Gasteiger partial charge in [0.2, 0.25) is 12.1 Å². The lowest BCUT2D eigenvalue weighted by molar-refractivity contribution is -0.248. The van der Waals surface area contributed by atoms with Crippen molar-refractivity contribution in [1.29, 1.82) is 0 Å². The highest BCUT2D eigenvalue weighted by Gasteiger charge is 2.63. The standard InChI is InChI=1S/C36H57NO4Si/c1-24(2)42(25(3)4,26(5)6)23-29-30(27-14-12-11-13-15-27)36(10,37-18-20-39-21-19-37)32(38)31(29)41-33-35(9)17-16-28(22-40-33)34(35,7)8/h11-15,24-26,28,30,33H,16-23H2,1-10H3/t28-,30-,33-,35+,36+/m1/s1. The summed E-state index contributed by atoms with van der Waals surface area (Å²) < 4.78 is 19.5. The number of carbonyl (C=O) groups is 1. The Hall–Kier alpha value is -1.47.